The number of fused-ring (bicyclic) bond motifs is 1. The number of unbranched alkanes of at least 4 members (excludes halogenated alkanes) is 1. The number of aromatic amines is 1. The highest BCUT2D eigenvalue weighted by Crippen LogP contribution is 2.31. The van der Waals surface area contributed by atoms with Crippen molar-refractivity contribution in [3.8, 4) is 0 Å². The van der Waals surface area contributed by atoms with Crippen molar-refractivity contribution < 1.29 is 20.1 Å². The Balaban J connectivity index is 1.89. The third kappa shape index (κ3) is 3.52. The van der Waals surface area contributed by atoms with Crippen molar-refractivity contribution in [1.82, 2.24) is 19.5 Å². The predicted octanol–water partition coefficient (Wildman–Crippen LogP) is -0.749. The molecule has 10 nitrogen and oxygen atoms in total. The second-order valence-corrected chi connectivity index (χ2v) is 6.28. The van der Waals surface area contributed by atoms with Crippen LogP contribution in [0.1, 0.15) is 19.1 Å². The number of hydrogen-bond donors (Lipinski definition) is 6. The molecular weight excluding hydrogens is 348 g/mol. The lowest BCUT2D eigenvalue weighted by molar-refractivity contribution is -0.0511. The quantitative estimate of drug-likeness (QED) is 0.273. The number of rotatable bonds is 7. The number of aliphatic hydroxyl groups excluding tert-OH is 3. The molecule has 0 amide bonds. The summed E-state index contributed by atoms with van der Waals surface area (Å²) in [4.78, 5) is 11.5. The molecule has 3 heterocycles. The number of imidazole rings is 1. The topological polar surface area (TPSA) is 154 Å². The second kappa shape index (κ2) is 7.72. The van der Waals surface area contributed by atoms with Gasteiger partial charge in [0.2, 0.25) is 5.95 Å². The molecule has 2 aromatic rings. The van der Waals surface area contributed by atoms with E-state index >= 15 is 0 Å². The first-order valence-electron chi connectivity index (χ1n) is 8.10. The third-order valence-electron chi connectivity index (χ3n) is 4.16. The van der Waals surface area contributed by atoms with Gasteiger partial charge in [0.1, 0.15) is 29.5 Å². The average molecular weight is 370 g/mol. The molecule has 0 aliphatic carbocycles. The minimum absolute atomic E-state index is 0.306. The van der Waals surface area contributed by atoms with E-state index < -0.39 is 31.1 Å². The van der Waals surface area contributed by atoms with E-state index in [0.717, 1.165) is 12.8 Å². The maximum Gasteiger partial charge on any atom is 0.203 e. The molecule has 2 aromatic heterocycles. The van der Waals surface area contributed by atoms with Gasteiger partial charge in [-0.1, -0.05) is 12.2 Å². The fourth-order valence-electron chi connectivity index (χ4n) is 2.80. The van der Waals surface area contributed by atoms with Gasteiger partial charge in [0.25, 0.3) is 0 Å². The van der Waals surface area contributed by atoms with E-state index in [0.29, 0.717) is 34.8 Å². The molecule has 2 unspecified atom stereocenters. The number of nitrogens with zero attached hydrogens (tertiary/aromatic N) is 3. The number of nitrogens with two attached hydrogens (primary N) is 1. The number of nitrogens with one attached hydrogen (secondary N) is 2. The Labute approximate surface area is 148 Å². The first-order chi connectivity index (χ1) is 12.1. The van der Waals surface area contributed by atoms with Gasteiger partial charge in [-0.25, -0.2) is 9.97 Å². The maximum atomic E-state index is 10.2. The van der Waals surface area contributed by atoms with E-state index in [-0.39, 0.29) is 0 Å². The Bertz CT molecular complexity index is 780. The Morgan fingerprint density at radius 3 is 2.84 bits per heavy atom. The molecule has 7 N–H and O–H groups in total. The number of anilines is 1. The summed E-state index contributed by atoms with van der Waals surface area (Å²) in [6, 6.07) is 0. The van der Waals surface area contributed by atoms with Crippen LogP contribution in [-0.4, -0.2) is 72.8 Å². The van der Waals surface area contributed by atoms with Gasteiger partial charge in [-0.05, 0) is 19.4 Å². The van der Waals surface area contributed by atoms with Gasteiger partial charge < -0.3 is 36.1 Å². The van der Waals surface area contributed by atoms with Crippen LogP contribution in [0.4, 0.5) is 5.95 Å². The Kier molecular flexibility index (Phi) is 5.61. The van der Waals surface area contributed by atoms with E-state index in [1.165, 1.54) is 6.33 Å². The maximum absolute atomic E-state index is 10.2. The van der Waals surface area contributed by atoms with Crippen molar-refractivity contribution in [2.24, 2.45) is 5.73 Å². The summed E-state index contributed by atoms with van der Waals surface area (Å²) in [5, 5.41) is 32.5. The SMILES string of the molecule is NCCCCNc1nc(=S)c2ncn([C@@H]3O[C@H](CO)C(O)C3O)c2[nH]1. The summed E-state index contributed by atoms with van der Waals surface area (Å²) < 4.78 is 7.39. The molecule has 0 aromatic carbocycles. The van der Waals surface area contributed by atoms with Crippen molar-refractivity contribution >= 4 is 29.3 Å². The van der Waals surface area contributed by atoms with Gasteiger partial charge >= 0.3 is 0 Å². The first-order valence-corrected chi connectivity index (χ1v) is 8.51. The fourth-order valence-corrected chi connectivity index (χ4v) is 3.04. The molecule has 0 saturated carbocycles. The summed E-state index contributed by atoms with van der Waals surface area (Å²) in [6.45, 7) is 0.915. The van der Waals surface area contributed by atoms with Crippen LogP contribution >= 0.6 is 12.2 Å². The number of aromatic nitrogens is 4. The van der Waals surface area contributed by atoms with E-state index in [1.54, 1.807) is 4.57 Å². The fraction of sp³-hybridized carbons (Fsp3) is 0.643. The highest BCUT2D eigenvalue weighted by atomic mass is 32.1. The van der Waals surface area contributed by atoms with Crippen LogP contribution in [-0.2, 0) is 4.74 Å². The normalized spacial score (nSPS) is 26.4. The van der Waals surface area contributed by atoms with Gasteiger partial charge in [-0.15, -0.1) is 0 Å². The highest BCUT2D eigenvalue weighted by Gasteiger charge is 2.43. The highest BCUT2D eigenvalue weighted by molar-refractivity contribution is 7.71. The van der Waals surface area contributed by atoms with Crippen molar-refractivity contribution in [2.45, 2.75) is 37.4 Å². The Hall–Kier alpha value is -1.63. The van der Waals surface area contributed by atoms with Crippen LogP contribution < -0.4 is 11.1 Å². The number of H-pyrrole nitrogens is 1. The zero-order valence-corrected chi connectivity index (χ0v) is 14.3. The molecule has 1 fully saturated rings. The van der Waals surface area contributed by atoms with Crippen LogP contribution in [0.3, 0.4) is 0 Å². The van der Waals surface area contributed by atoms with Crippen LogP contribution in [0.5, 0.6) is 0 Å². The molecule has 4 atom stereocenters. The minimum Gasteiger partial charge on any atom is -0.394 e. The van der Waals surface area contributed by atoms with Crippen LogP contribution in [0.25, 0.3) is 11.2 Å². The molecule has 138 valence electrons. The smallest absolute Gasteiger partial charge is 0.203 e. The Morgan fingerprint density at radius 2 is 2.16 bits per heavy atom. The average Bonchev–Trinajstić information content (AvgIpc) is 3.14. The molecule has 11 heteroatoms. The third-order valence-corrected chi connectivity index (χ3v) is 4.45. The van der Waals surface area contributed by atoms with E-state index in [2.05, 4.69) is 20.3 Å². The van der Waals surface area contributed by atoms with Gasteiger partial charge in [-0.2, -0.15) is 0 Å². The van der Waals surface area contributed by atoms with Crippen molar-refractivity contribution in [3.63, 3.8) is 0 Å². The summed E-state index contributed by atoms with van der Waals surface area (Å²) in [5.41, 5.74) is 6.44. The van der Waals surface area contributed by atoms with E-state index in [1.807, 2.05) is 0 Å². The molecule has 0 bridgehead atoms. The lowest BCUT2D eigenvalue weighted by Crippen LogP contribution is -2.33. The summed E-state index contributed by atoms with van der Waals surface area (Å²) in [5.74, 6) is 0.475. The molecule has 25 heavy (non-hydrogen) atoms. The molecule has 1 aliphatic heterocycles. The standard InChI is InChI=1S/C14H22N6O4S/c15-3-1-2-4-16-14-18-11-8(12(25)19-14)17-6-20(11)13-10(23)9(22)7(5-21)24-13/h6-7,9-10,13,21-23H,1-5,15H2,(H2,16,18,19,25)/t7-,9?,10?,13-/m1/s1. The minimum atomic E-state index is -1.20. The molecule has 0 spiro atoms. The number of ether oxygens (including phenoxy) is 1. The monoisotopic (exact) mass is 370 g/mol. The van der Waals surface area contributed by atoms with Gasteiger partial charge in [0, 0.05) is 6.54 Å². The molecule has 3 rings (SSSR count). The largest absolute Gasteiger partial charge is 0.394 e. The predicted molar refractivity (Wildman–Crippen MR) is 92.5 cm³/mol. The summed E-state index contributed by atoms with van der Waals surface area (Å²) >= 11 is 5.27. The van der Waals surface area contributed by atoms with Crippen molar-refractivity contribution in [2.75, 3.05) is 25.0 Å². The number of aliphatic hydroxyl groups is 3. The zero-order valence-electron chi connectivity index (χ0n) is 13.5. The van der Waals surface area contributed by atoms with Crippen LogP contribution in [0, 0.1) is 4.64 Å². The van der Waals surface area contributed by atoms with Crippen molar-refractivity contribution in [1.29, 1.82) is 0 Å². The van der Waals surface area contributed by atoms with E-state index in [4.69, 9.17) is 22.7 Å². The summed E-state index contributed by atoms with van der Waals surface area (Å²) in [7, 11) is 0. The van der Waals surface area contributed by atoms with Crippen LogP contribution in [0.15, 0.2) is 6.33 Å². The van der Waals surface area contributed by atoms with Crippen LogP contribution in [0.2, 0.25) is 0 Å². The zero-order chi connectivity index (χ0) is 18.0. The van der Waals surface area contributed by atoms with Gasteiger partial charge in [-0.3, -0.25) is 4.57 Å². The van der Waals surface area contributed by atoms with Gasteiger partial charge in [0.05, 0.1) is 12.9 Å². The molecule has 1 aliphatic rings. The van der Waals surface area contributed by atoms with Crippen molar-refractivity contribution in [3.05, 3.63) is 11.0 Å². The lowest BCUT2D eigenvalue weighted by Gasteiger charge is -2.17. The van der Waals surface area contributed by atoms with Gasteiger partial charge in [0.15, 0.2) is 10.9 Å². The molecule has 0 radical (unpaired) electrons. The number of hydrogen-bond acceptors (Lipinski definition) is 9. The second-order valence-electron chi connectivity index (χ2n) is 5.89. The molecule has 1 saturated heterocycles. The first kappa shape index (κ1) is 18.2. The van der Waals surface area contributed by atoms with E-state index in [9.17, 15) is 15.3 Å². The lowest BCUT2D eigenvalue weighted by atomic mass is 10.1. The summed E-state index contributed by atoms with van der Waals surface area (Å²) in [6.07, 6.45) is -0.901. The molecular formula is C14H22N6O4S. The Morgan fingerprint density at radius 1 is 1.36 bits per heavy atom.